The first-order chi connectivity index (χ1) is 8.43. The molecule has 2 N–H and O–H groups in total. The van der Waals surface area contributed by atoms with Crippen molar-refractivity contribution < 1.29 is 61.2 Å². The van der Waals surface area contributed by atoms with Gasteiger partial charge in [-0.1, -0.05) is 37.7 Å². The topological polar surface area (TPSA) is 40.5 Å². The minimum absolute atomic E-state index is 0. The number of aliphatic hydroxyl groups is 2. The first-order valence-electron chi connectivity index (χ1n) is 6.43. The van der Waals surface area contributed by atoms with E-state index in [2.05, 4.69) is 50.5 Å². The van der Waals surface area contributed by atoms with Crippen molar-refractivity contribution in [3.63, 3.8) is 0 Å². The van der Waals surface area contributed by atoms with E-state index in [1.807, 2.05) is 0 Å². The van der Waals surface area contributed by atoms with Gasteiger partial charge in [0.2, 0.25) is 0 Å². The summed E-state index contributed by atoms with van der Waals surface area (Å²) in [4.78, 5) is 0. The molecule has 2 rings (SSSR count). The molecule has 0 aromatic carbocycles. The molecule has 2 aliphatic carbocycles. The SMILES string of the molecule is C[SiH](C)C1=CC[C-]=C1O.C[SiH](C)C1=CC[C-]=C1O.[Cl-].[Cl-].[Zr+4]. The van der Waals surface area contributed by atoms with E-state index in [1.54, 1.807) is 0 Å². The molecule has 2 aliphatic rings. The van der Waals surface area contributed by atoms with E-state index in [0.717, 1.165) is 12.8 Å². The van der Waals surface area contributed by atoms with Crippen LogP contribution in [0.15, 0.2) is 34.1 Å². The Labute approximate surface area is 163 Å². The third-order valence-electron chi connectivity index (χ3n) is 2.97. The van der Waals surface area contributed by atoms with Gasteiger partial charge < -0.3 is 35.0 Å². The molecule has 0 amide bonds. The van der Waals surface area contributed by atoms with Crippen LogP contribution < -0.4 is 24.8 Å². The van der Waals surface area contributed by atoms with Gasteiger partial charge in [0.15, 0.2) is 0 Å². The minimum Gasteiger partial charge on any atom is -1.00 e. The molecule has 0 aromatic heterocycles. The number of halogens is 2. The van der Waals surface area contributed by atoms with E-state index in [9.17, 15) is 0 Å². The Balaban J connectivity index is -0.000000270. The molecule has 0 radical (unpaired) electrons. The quantitative estimate of drug-likeness (QED) is 0.359. The molecule has 0 saturated carbocycles. The maximum Gasteiger partial charge on any atom is 4.00 e. The summed E-state index contributed by atoms with van der Waals surface area (Å²) in [5, 5.41) is 20.6. The second kappa shape index (κ2) is 12.9. The fourth-order valence-corrected chi connectivity index (χ4v) is 4.41. The van der Waals surface area contributed by atoms with Gasteiger partial charge in [-0.15, -0.1) is 12.8 Å². The van der Waals surface area contributed by atoms with Crippen LogP contribution in [0.2, 0.25) is 26.2 Å². The maximum atomic E-state index is 9.13. The molecule has 0 atom stereocenters. The monoisotopic (exact) mass is 438 g/mol. The van der Waals surface area contributed by atoms with Crippen molar-refractivity contribution in [2.24, 2.45) is 0 Å². The van der Waals surface area contributed by atoms with Crippen molar-refractivity contribution in [3.05, 3.63) is 46.2 Å². The van der Waals surface area contributed by atoms with Gasteiger partial charge in [-0.2, -0.15) is 22.5 Å². The summed E-state index contributed by atoms with van der Waals surface area (Å²) in [5.74, 6) is 0.827. The summed E-state index contributed by atoms with van der Waals surface area (Å²) >= 11 is 0. The van der Waals surface area contributed by atoms with E-state index in [-0.39, 0.29) is 51.0 Å². The maximum absolute atomic E-state index is 9.13. The second-order valence-electron chi connectivity index (χ2n) is 5.09. The van der Waals surface area contributed by atoms with Gasteiger partial charge in [0.1, 0.15) is 0 Å². The van der Waals surface area contributed by atoms with Crippen molar-refractivity contribution in [1.29, 1.82) is 0 Å². The van der Waals surface area contributed by atoms with Crippen molar-refractivity contribution >= 4 is 17.6 Å². The summed E-state index contributed by atoms with van der Waals surface area (Å²) in [6.45, 7) is 8.81. The first-order valence-corrected chi connectivity index (χ1v) is 12.2. The summed E-state index contributed by atoms with van der Waals surface area (Å²) in [7, 11) is -1.54. The molecule has 0 aliphatic heterocycles. The van der Waals surface area contributed by atoms with E-state index >= 15 is 0 Å². The van der Waals surface area contributed by atoms with Gasteiger partial charge in [0.05, 0.1) is 0 Å². The van der Waals surface area contributed by atoms with E-state index in [4.69, 9.17) is 10.2 Å². The molecule has 0 fully saturated rings. The van der Waals surface area contributed by atoms with Crippen LogP contribution >= 0.6 is 0 Å². The van der Waals surface area contributed by atoms with Gasteiger partial charge in [0.25, 0.3) is 0 Å². The molecule has 21 heavy (non-hydrogen) atoms. The largest absolute Gasteiger partial charge is 4.00 e. The Kier molecular flexibility index (Phi) is 16.3. The smallest absolute Gasteiger partial charge is 1.00 e. The number of allylic oxidation sites excluding steroid dienone is 6. The Morgan fingerprint density at radius 3 is 1.19 bits per heavy atom. The number of hydrogen-bond acceptors (Lipinski definition) is 2. The molecular formula is C14H22Cl2O2Si2Zr. The van der Waals surface area contributed by atoms with E-state index < -0.39 is 17.6 Å². The van der Waals surface area contributed by atoms with E-state index in [0.29, 0.717) is 11.5 Å². The molecule has 0 aromatic rings. The molecular weight excluding hydrogens is 418 g/mol. The predicted octanol–water partition coefficient (Wildman–Crippen LogP) is -2.82. The van der Waals surface area contributed by atoms with Crippen LogP contribution in [0.3, 0.4) is 0 Å². The Bertz CT molecular complexity index is 391. The fraction of sp³-hybridized carbons (Fsp3) is 0.429. The second-order valence-corrected chi connectivity index (χ2v) is 11.0. The van der Waals surface area contributed by atoms with Crippen molar-refractivity contribution in [3.8, 4) is 0 Å². The van der Waals surface area contributed by atoms with Crippen LogP contribution in [0.1, 0.15) is 12.8 Å². The number of aliphatic hydroxyl groups excluding tert-OH is 2. The van der Waals surface area contributed by atoms with Gasteiger partial charge in [-0.25, -0.2) is 12.2 Å². The standard InChI is InChI=1S/2C7H11OSi.2ClH.Zr/c2*1-9(2)7-5-3-4-6(7)8;;;/h2*5,8-9H,3H2,1-2H3;2*1H;/q2*-1;;;+4/p-2. The van der Waals surface area contributed by atoms with Crippen LogP contribution in [0.25, 0.3) is 0 Å². The third-order valence-corrected chi connectivity index (χ3v) is 6.48. The Hall–Kier alpha value is 0.457. The molecule has 0 unspecified atom stereocenters. The van der Waals surface area contributed by atoms with Gasteiger partial charge in [-0.3, -0.25) is 0 Å². The summed E-state index contributed by atoms with van der Waals surface area (Å²) < 4.78 is 0. The average molecular weight is 441 g/mol. The van der Waals surface area contributed by atoms with Crippen LogP contribution in [0.5, 0.6) is 0 Å². The zero-order chi connectivity index (χ0) is 13.7. The average Bonchev–Trinajstić information content (AvgIpc) is 2.87. The zero-order valence-electron chi connectivity index (χ0n) is 12.9. The van der Waals surface area contributed by atoms with Crippen molar-refractivity contribution in [1.82, 2.24) is 0 Å². The predicted molar refractivity (Wildman–Crippen MR) is 81.9 cm³/mol. The zero-order valence-corrected chi connectivity index (χ0v) is 19.2. The van der Waals surface area contributed by atoms with Gasteiger partial charge >= 0.3 is 26.2 Å². The molecule has 0 heterocycles. The molecule has 2 nitrogen and oxygen atoms in total. The normalized spacial score (nSPS) is 15.5. The molecule has 0 bridgehead atoms. The van der Waals surface area contributed by atoms with Gasteiger partial charge in [-0.05, 0) is 17.6 Å². The summed E-state index contributed by atoms with van der Waals surface area (Å²) in [6.07, 6.45) is 11.5. The van der Waals surface area contributed by atoms with E-state index in [1.165, 1.54) is 10.4 Å². The van der Waals surface area contributed by atoms with Crippen LogP contribution in [-0.2, 0) is 26.2 Å². The molecule has 0 spiro atoms. The third kappa shape index (κ3) is 8.61. The molecule has 116 valence electrons. The Morgan fingerprint density at radius 2 is 1.10 bits per heavy atom. The molecule has 0 saturated heterocycles. The van der Waals surface area contributed by atoms with Gasteiger partial charge in [0, 0.05) is 0 Å². The molecule has 7 heteroatoms. The van der Waals surface area contributed by atoms with Crippen LogP contribution in [-0.4, -0.2) is 27.8 Å². The summed E-state index contributed by atoms with van der Waals surface area (Å²) in [6, 6.07) is 0. The number of hydrogen-bond donors (Lipinski definition) is 2. The first kappa shape index (κ1) is 26.4. The fourth-order valence-electron chi connectivity index (χ4n) is 1.93. The minimum atomic E-state index is -0.769. The van der Waals surface area contributed by atoms with Crippen LogP contribution in [0.4, 0.5) is 0 Å². The number of rotatable bonds is 2. The van der Waals surface area contributed by atoms with Crippen molar-refractivity contribution in [2.75, 3.05) is 0 Å². The van der Waals surface area contributed by atoms with Crippen LogP contribution in [0, 0.1) is 12.2 Å². The van der Waals surface area contributed by atoms with Crippen molar-refractivity contribution in [2.45, 2.75) is 39.0 Å². The summed E-state index contributed by atoms with van der Waals surface area (Å²) in [5.41, 5.74) is 0. The Morgan fingerprint density at radius 1 is 0.810 bits per heavy atom.